The van der Waals surface area contributed by atoms with E-state index in [4.69, 9.17) is 0 Å². The van der Waals surface area contributed by atoms with Gasteiger partial charge in [-0.15, -0.1) is 0 Å². The van der Waals surface area contributed by atoms with Gasteiger partial charge < -0.3 is 10.2 Å². The predicted molar refractivity (Wildman–Crippen MR) is 95.1 cm³/mol. The molecular formula is C18H27N4O2+. The maximum absolute atomic E-state index is 11.9. The molecule has 1 aliphatic heterocycles. The van der Waals surface area contributed by atoms with E-state index in [2.05, 4.69) is 15.8 Å². The molecule has 0 atom stereocenters. The molecule has 1 fully saturated rings. The molecule has 0 aliphatic carbocycles. The third-order valence-corrected chi connectivity index (χ3v) is 4.24. The van der Waals surface area contributed by atoms with Crippen molar-refractivity contribution in [3.05, 3.63) is 29.8 Å². The van der Waals surface area contributed by atoms with Crippen LogP contribution in [0.25, 0.3) is 0 Å². The second kappa shape index (κ2) is 9.17. The number of anilines is 1. The summed E-state index contributed by atoms with van der Waals surface area (Å²) in [6.07, 6.45) is 4.36. The second-order valence-corrected chi connectivity index (χ2v) is 6.30. The largest absolute Gasteiger partial charge is 0.335 e. The van der Waals surface area contributed by atoms with Crippen LogP contribution in [0.4, 0.5) is 5.69 Å². The molecule has 3 N–H and O–H groups in total. The van der Waals surface area contributed by atoms with Gasteiger partial charge in [-0.25, -0.2) is 5.43 Å². The Morgan fingerprint density at radius 3 is 2.38 bits per heavy atom. The molecule has 1 aliphatic rings. The van der Waals surface area contributed by atoms with Crippen molar-refractivity contribution in [2.24, 2.45) is 5.10 Å². The number of carbonyl (C=O) groups excluding carboxylic acids is 2. The molecule has 1 aromatic rings. The number of rotatable bonds is 6. The lowest BCUT2D eigenvalue weighted by Crippen LogP contribution is -3.12. The van der Waals surface area contributed by atoms with E-state index in [1.54, 1.807) is 0 Å². The van der Waals surface area contributed by atoms with Crippen LogP contribution in [0, 0.1) is 0 Å². The summed E-state index contributed by atoms with van der Waals surface area (Å²) in [7, 11) is 0. The Labute approximate surface area is 143 Å². The van der Waals surface area contributed by atoms with E-state index in [0.717, 1.165) is 23.5 Å². The summed E-state index contributed by atoms with van der Waals surface area (Å²) in [5, 5.41) is 6.89. The Morgan fingerprint density at radius 2 is 1.75 bits per heavy atom. The van der Waals surface area contributed by atoms with Crippen molar-refractivity contribution in [2.45, 2.75) is 39.5 Å². The van der Waals surface area contributed by atoms with Crippen LogP contribution < -0.4 is 15.6 Å². The number of piperidine rings is 1. The fourth-order valence-corrected chi connectivity index (χ4v) is 2.86. The molecular weight excluding hydrogens is 304 g/mol. The van der Waals surface area contributed by atoms with Crippen molar-refractivity contribution >= 4 is 23.2 Å². The number of likely N-dealkylation sites (tertiary alicyclic amines) is 1. The number of hydrazone groups is 1. The zero-order valence-corrected chi connectivity index (χ0v) is 14.5. The number of hydrogen-bond donors (Lipinski definition) is 3. The van der Waals surface area contributed by atoms with E-state index in [9.17, 15) is 9.59 Å². The Hall–Kier alpha value is -2.21. The molecule has 6 nitrogen and oxygen atoms in total. The molecule has 0 unspecified atom stereocenters. The van der Waals surface area contributed by atoms with Gasteiger partial charge >= 0.3 is 0 Å². The SMILES string of the molecule is CC(=O)Nc1ccc(/C(C)=N/NC(=O)CC[NH+]2CCCCC2)cc1. The van der Waals surface area contributed by atoms with Crippen LogP contribution in [-0.2, 0) is 9.59 Å². The average molecular weight is 331 g/mol. The zero-order valence-electron chi connectivity index (χ0n) is 14.5. The van der Waals surface area contributed by atoms with E-state index in [1.165, 1.54) is 44.2 Å². The maximum Gasteiger partial charge on any atom is 0.245 e. The van der Waals surface area contributed by atoms with E-state index in [-0.39, 0.29) is 11.8 Å². The second-order valence-electron chi connectivity index (χ2n) is 6.30. The molecule has 2 amide bonds. The number of benzene rings is 1. The molecule has 0 spiro atoms. The molecule has 1 heterocycles. The molecule has 2 rings (SSSR count). The molecule has 0 bridgehead atoms. The van der Waals surface area contributed by atoms with E-state index < -0.39 is 0 Å². The van der Waals surface area contributed by atoms with Gasteiger partial charge in [-0.3, -0.25) is 9.59 Å². The highest BCUT2D eigenvalue weighted by atomic mass is 16.2. The van der Waals surface area contributed by atoms with Crippen LogP contribution in [0.15, 0.2) is 29.4 Å². The Morgan fingerprint density at radius 1 is 1.08 bits per heavy atom. The quantitative estimate of drug-likeness (QED) is 0.536. The first-order chi connectivity index (χ1) is 11.5. The van der Waals surface area contributed by atoms with Crippen LogP contribution in [0.3, 0.4) is 0 Å². The summed E-state index contributed by atoms with van der Waals surface area (Å²) >= 11 is 0. The van der Waals surface area contributed by atoms with Crippen molar-refractivity contribution in [3.8, 4) is 0 Å². The number of nitrogens with one attached hydrogen (secondary N) is 3. The molecule has 0 aromatic heterocycles. The van der Waals surface area contributed by atoms with Crippen LogP contribution in [0.1, 0.15) is 45.1 Å². The van der Waals surface area contributed by atoms with E-state index in [1.807, 2.05) is 31.2 Å². The lowest BCUT2D eigenvalue weighted by atomic mass is 10.1. The van der Waals surface area contributed by atoms with Crippen molar-refractivity contribution in [2.75, 3.05) is 25.0 Å². The number of nitrogens with zero attached hydrogens (tertiary/aromatic N) is 1. The molecule has 6 heteroatoms. The average Bonchev–Trinajstić information content (AvgIpc) is 2.59. The summed E-state index contributed by atoms with van der Waals surface area (Å²) in [5.41, 5.74) is 5.02. The minimum atomic E-state index is -0.101. The van der Waals surface area contributed by atoms with Gasteiger partial charge in [0.05, 0.1) is 31.8 Å². The lowest BCUT2D eigenvalue weighted by molar-refractivity contribution is -0.904. The van der Waals surface area contributed by atoms with Gasteiger partial charge in [0.2, 0.25) is 11.8 Å². The Bertz CT molecular complexity index is 590. The predicted octanol–water partition coefficient (Wildman–Crippen LogP) is 0.944. The highest BCUT2D eigenvalue weighted by Gasteiger charge is 2.14. The fraction of sp³-hybridized carbons (Fsp3) is 0.500. The first-order valence-electron chi connectivity index (χ1n) is 8.59. The molecule has 1 saturated heterocycles. The summed E-state index contributed by atoms with van der Waals surface area (Å²) in [4.78, 5) is 24.4. The van der Waals surface area contributed by atoms with E-state index >= 15 is 0 Å². The van der Waals surface area contributed by atoms with Gasteiger partial charge in [0.1, 0.15) is 0 Å². The van der Waals surface area contributed by atoms with Crippen molar-refractivity contribution in [3.63, 3.8) is 0 Å². The summed E-state index contributed by atoms with van der Waals surface area (Å²) in [5.74, 6) is -0.140. The Balaban J connectivity index is 1.79. The highest BCUT2D eigenvalue weighted by molar-refractivity contribution is 5.99. The van der Waals surface area contributed by atoms with Crippen LogP contribution in [-0.4, -0.2) is 37.2 Å². The lowest BCUT2D eigenvalue weighted by Gasteiger charge is -2.22. The van der Waals surface area contributed by atoms with Gasteiger partial charge in [-0.05, 0) is 43.9 Å². The van der Waals surface area contributed by atoms with Gasteiger partial charge in [-0.1, -0.05) is 12.1 Å². The molecule has 0 saturated carbocycles. The Kier molecular flexibility index (Phi) is 6.93. The number of quaternary nitrogens is 1. The molecule has 1 aromatic carbocycles. The maximum atomic E-state index is 11.9. The molecule has 130 valence electrons. The first kappa shape index (κ1) is 18.1. The number of hydrogen-bond acceptors (Lipinski definition) is 3. The topological polar surface area (TPSA) is 75.0 Å². The van der Waals surface area contributed by atoms with Gasteiger partial charge in [0, 0.05) is 12.6 Å². The number of carbonyl (C=O) groups is 2. The minimum absolute atomic E-state index is 0.0395. The summed E-state index contributed by atoms with van der Waals surface area (Å²) in [6, 6.07) is 7.37. The summed E-state index contributed by atoms with van der Waals surface area (Å²) in [6.45, 7) is 6.56. The summed E-state index contributed by atoms with van der Waals surface area (Å²) < 4.78 is 0. The van der Waals surface area contributed by atoms with Crippen molar-refractivity contribution in [1.82, 2.24) is 5.43 Å². The first-order valence-corrected chi connectivity index (χ1v) is 8.59. The van der Waals surface area contributed by atoms with Crippen LogP contribution >= 0.6 is 0 Å². The van der Waals surface area contributed by atoms with E-state index in [0.29, 0.717) is 6.42 Å². The van der Waals surface area contributed by atoms with Gasteiger partial charge in [0.25, 0.3) is 0 Å². The minimum Gasteiger partial charge on any atom is -0.335 e. The van der Waals surface area contributed by atoms with Crippen LogP contribution in [0.2, 0.25) is 0 Å². The van der Waals surface area contributed by atoms with Gasteiger partial charge in [0.15, 0.2) is 0 Å². The van der Waals surface area contributed by atoms with Gasteiger partial charge in [-0.2, -0.15) is 5.10 Å². The highest BCUT2D eigenvalue weighted by Crippen LogP contribution is 2.10. The fourth-order valence-electron chi connectivity index (χ4n) is 2.86. The smallest absolute Gasteiger partial charge is 0.245 e. The van der Waals surface area contributed by atoms with Crippen molar-refractivity contribution in [1.29, 1.82) is 0 Å². The number of amides is 2. The third kappa shape index (κ3) is 6.12. The monoisotopic (exact) mass is 331 g/mol. The standard InChI is InChI=1S/C18H26N4O2/c1-14(16-6-8-17(9-7-16)19-15(2)23)20-21-18(24)10-13-22-11-4-3-5-12-22/h6-9H,3-5,10-13H2,1-2H3,(H,19,23)(H,21,24)/p+1/b20-14+. The van der Waals surface area contributed by atoms with Crippen molar-refractivity contribution < 1.29 is 14.5 Å². The molecule has 0 radical (unpaired) electrons. The third-order valence-electron chi connectivity index (χ3n) is 4.24. The van der Waals surface area contributed by atoms with Crippen LogP contribution in [0.5, 0.6) is 0 Å². The zero-order chi connectivity index (χ0) is 17.4. The normalized spacial score (nSPS) is 15.8. The molecule has 24 heavy (non-hydrogen) atoms.